The Morgan fingerprint density at radius 1 is 0.778 bits per heavy atom. The zero-order valence-corrected chi connectivity index (χ0v) is 14.6. The summed E-state index contributed by atoms with van der Waals surface area (Å²) in [5.74, 6) is 0.826. The topological polar surface area (TPSA) is 0 Å². The molecule has 0 saturated heterocycles. The van der Waals surface area contributed by atoms with Crippen molar-refractivity contribution in [3.8, 4) is 0 Å². The molecule has 0 aliphatic carbocycles. The molecule has 0 aromatic rings. The van der Waals surface area contributed by atoms with Gasteiger partial charge in [0.15, 0.2) is 0 Å². The number of allylic oxidation sites excluding steroid dienone is 3. The van der Waals surface area contributed by atoms with E-state index in [1.165, 1.54) is 29.6 Å². The second-order valence-corrected chi connectivity index (χ2v) is 5.30. The normalized spacial score (nSPS) is 7.67. The summed E-state index contributed by atoms with van der Waals surface area (Å²) in [6.45, 7) is 29.4. The summed E-state index contributed by atoms with van der Waals surface area (Å²) in [6, 6.07) is 0. The third-order valence-corrected chi connectivity index (χ3v) is 1.15. The minimum absolute atomic E-state index is 0.826. The van der Waals surface area contributed by atoms with Crippen LogP contribution in [0.2, 0.25) is 0 Å². The Kier molecular flexibility index (Phi) is 31.0. The van der Waals surface area contributed by atoms with E-state index in [4.69, 9.17) is 0 Å². The Morgan fingerprint density at radius 2 is 1.00 bits per heavy atom. The molecule has 0 heteroatoms. The van der Waals surface area contributed by atoms with Crippen LogP contribution >= 0.6 is 0 Å². The molecule has 0 spiro atoms. The molecule has 18 heavy (non-hydrogen) atoms. The fourth-order valence-corrected chi connectivity index (χ4v) is 0.535. The first-order valence-electron chi connectivity index (χ1n) is 6.98. The van der Waals surface area contributed by atoms with E-state index in [2.05, 4.69) is 40.5 Å². The van der Waals surface area contributed by atoms with Crippen molar-refractivity contribution in [2.75, 3.05) is 0 Å². The SMILES string of the molecule is C=C(C)C.C=C(C)C.C=C(C)CCC(C)C.CC. The molecular weight excluding hydrogens is 216 g/mol. The average Bonchev–Trinajstić information content (AvgIpc) is 2.16. The molecule has 0 atom stereocenters. The van der Waals surface area contributed by atoms with Gasteiger partial charge in [-0.1, -0.05) is 44.4 Å². The van der Waals surface area contributed by atoms with Crippen molar-refractivity contribution < 1.29 is 0 Å². The maximum absolute atomic E-state index is 3.83. The van der Waals surface area contributed by atoms with Crippen molar-refractivity contribution in [1.29, 1.82) is 0 Å². The first-order chi connectivity index (χ1) is 8.09. The van der Waals surface area contributed by atoms with Crippen molar-refractivity contribution in [2.24, 2.45) is 5.92 Å². The van der Waals surface area contributed by atoms with Crippen LogP contribution in [0.15, 0.2) is 36.5 Å². The molecule has 0 aromatic carbocycles. The van der Waals surface area contributed by atoms with Crippen LogP contribution in [0.3, 0.4) is 0 Å². The van der Waals surface area contributed by atoms with Gasteiger partial charge in [0.2, 0.25) is 0 Å². The predicted octanol–water partition coefficient (Wildman–Crippen LogP) is 7.19. The largest absolute Gasteiger partial charge is 0.100 e. The molecule has 0 N–H and O–H groups in total. The molecule has 0 radical (unpaired) electrons. The lowest BCUT2D eigenvalue weighted by Gasteiger charge is -2.01. The molecule has 110 valence electrons. The van der Waals surface area contributed by atoms with E-state index < -0.39 is 0 Å². The monoisotopic (exact) mass is 254 g/mol. The minimum atomic E-state index is 0.826. The summed E-state index contributed by atoms with van der Waals surface area (Å²) in [4.78, 5) is 0. The zero-order chi connectivity index (χ0) is 15.7. The van der Waals surface area contributed by atoms with Crippen LogP contribution in [0.1, 0.15) is 75.2 Å². The molecule has 0 rings (SSSR count). The Morgan fingerprint density at radius 3 is 1.06 bits per heavy atom. The summed E-state index contributed by atoms with van der Waals surface area (Å²) in [5.41, 5.74) is 3.64. The van der Waals surface area contributed by atoms with E-state index in [1.807, 2.05) is 41.5 Å². The standard InChI is InChI=1S/C8H16.2C4H8.C2H6/c1-7(2)5-6-8(3)4;2*1-4(2)3;1-2/h8H,1,5-6H2,2-4H3;2*1H2,2-3H3;1-2H3. The summed E-state index contributed by atoms with van der Waals surface area (Å²) in [7, 11) is 0. The van der Waals surface area contributed by atoms with Crippen molar-refractivity contribution in [3.63, 3.8) is 0 Å². The summed E-state index contributed by atoms with van der Waals surface area (Å²) in [5, 5.41) is 0. The Bertz CT molecular complexity index is 174. The summed E-state index contributed by atoms with van der Waals surface area (Å²) in [6.07, 6.45) is 2.48. The maximum atomic E-state index is 3.83. The summed E-state index contributed by atoms with van der Waals surface area (Å²) < 4.78 is 0. The maximum Gasteiger partial charge on any atom is -0.0323 e. The van der Waals surface area contributed by atoms with Gasteiger partial charge in [0.1, 0.15) is 0 Å². The van der Waals surface area contributed by atoms with Gasteiger partial charge in [-0.15, -0.1) is 19.7 Å². The molecule has 0 unspecified atom stereocenters. The van der Waals surface area contributed by atoms with Gasteiger partial charge in [0, 0.05) is 0 Å². The van der Waals surface area contributed by atoms with Crippen LogP contribution in [0.5, 0.6) is 0 Å². The van der Waals surface area contributed by atoms with Crippen LogP contribution in [0, 0.1) is 5.92 Å². The van der Waals surface area contributed by atoms with Gasteiger partial charge < -0.3 is 0 Å². The molecule has 0 heterocycles. The molecule has 0 amide bonds. The first-order valence-corrected chi connectivity index (χ1v) is 6.98. The van der Waals surface area contributed by atoms with Crippen LogP contribution < -0.4 is 0 Å². The van der Waals surface area contributed by atoms with Crippen molar-refractivity contribution in [3.05, 3.63) is 36.5 Å². The second kappa shape index (κ2) is 21.5. The fraction of sp³-hybridized carbons (Fsp3) is 0.667. The van der Waals surface area contributed by atoms with Gasteiger partial charge in [-0.3, -0.25) is 0 Å². The molecule has 0 aliphatic rings. The van der Waals surface area contributed by atoms with Crippen molar-refractivity contribution in [1.82, 2.24) is 0 Å². The lowest BCUT2D eigenvalue weighted by molar-refractivity contribution is 0.585. The van der Waals surface area contributed by atoms with E-state index in [9.17, 15) is 0 Å². The zero-order valence-electron chi connectivity index (χ0n) is 14.6. The van der Waals surface area contributed by atoms with Crippen LogP contribution in [0.25, 0.3) is 0 Å². The van der Waals surface area contributed by atoms with E-state index >= 15 is 0 Å². The molecule has 0 bridgehead atoms. The van der Waals surface area contributed by atoms with Crippen molar-refractivity contribution in [2.45, 2.75) is 75.2 Å². The number of rotatable bonds is 3. The van der Waals surface area contributed by atoms with E-state index in [-0.39, 0.29) is 0 Å². The lowest BCUT2D eigenvalue weighted by atomic mass is 10.1. The van der Waals surface area contributed by atoms with Gasteiger partial charge in [-0.05, 0) is 53.4 Å². The van der Waals surface area contributed by atoms with Gasteiger partial charge in [-0.25, -0.2) is 0 Å². The Balaban J connectivity index is -0.0000000834. The van der Waals surface area contributed by atoms with Gasteiger partial charge in [0.05, 0.1) is 0 Å². The third-order valence-electron chi connectivity index (χ3n) is 1.15. The quantitative estimate of drug-likeness (QED) is 0.467. The minimum Gasteiger partial charge on any atom is -0.100 e. The van der Waals surface area contributed by atoms with E-state index in [0.717, 1.165) is 5.92 Å². The van der Waals surface area contributed by atoms with Gasteiger partial charge >= 0.3 is 0 Å². The highest BCUT2D eigenvalue weighted by Crippen LogP contribution is 2.07. The van der Waals surface area contributed by atoms with Crippen LogP contribution in [-0.2, 0) is 0 Å². The van der Waals surface area contributed by atoms with Crippen molar-refractivity contribution >= 4 is 0 Å². The smallest absolute Gasteiger partial charge is 0.0323 e. The molecule has 0 saturated carbocycles. The second-order valence-electron chi connectivity index (χ2n) is 5.30. The fourth-order valence-electron chi connectivity index (χ4n) is 0.535. The Labute approximate surface area is 118 Å². The van der Waals surface area contributed by atoms with Crippen LogP contribution in [-0.4, -0.2) is 0 Å². The number of hydrogen-bond acceptors (Lipinski definition) is 0. The lowest BCUT2D eigenvalue weighted by Crippen LogP contribution is -1.85. The third kappa shape index (κ3) is 173. The highest BCUT2D eigenvalue weighted by Gasteiger charge is 1.91. The molecular formula is C18H38. The highest BCUT2D eigenvalue weighted by atomic mass is 14.0. The van der Waals surface area contributed by atoms with E-state index in [0.29, 0.717) is 0 Å². The predicted molar refractivity (Wildman–Crippen MR) is 91.2 cm³/mol. The molecule has 0 nitrogen and oxygen atoms in total. The first kappa shape index (κ1) is 25.9. The van der Waals surface area contributed by atoms with Gasteiger partial charge in [0.25, 0.3) is 0 Å². The molecule has 0 aliphatic heterocycles. The Hall–Kier alpha value is -0.780. The average molecular weight is 255 g/mol. The van der Waals surface area contributed by atoms with Gasteiger partial charge in [-0.2, -0.15) is 0 Å². The molecule has 0 aromatic heterocycles. The molecule has 0 fully saturated rings. The number of hydrogen-bond donors (Lipinski definition) is 0. The summed E-state index contributed by atoms with van der Waals surface area (Å²) >= 11 is 0. The highest BCUT2D eigenvalue weighted by molar-refractivity contribution is 4.87. The van der Waals surface area contributed by atoms with Crippen LogP contribution in [0.4, 0.5) is 0 Å². The van der Waals surface area contributed by atoms with E-state index in [1.54, 1.807) is 0 Å².